The molecular formula is C14H22O3. The third-order valence-corrected chi connectivity index (χ3v) is 4.73. The highest BCUT2D eigenvalue weighted by Gasteiger charge is 2.50. The summed E-state index contributed by atoms with van der Waals surface area (Å²) in [6.45, 7) is 10.1. The maximum atomic E-state index is 11.0. The standard InChI is InChI=1S/C14H22O3/c1-9-5-10(2)14(8-17-12(4)15)7-16-6-13(9)11(14)3/h5,10-11,13H,6-8H2,1-4H3/t10-,11+,13+,14-/m0/s1. The lowest BCUT2D eigenvalue weighted by atomic mass is 9.58. The number of allylic oxidation sites excluding steroid dienone is 1. The average molecular weight is 238 g/mol. The van der Waals surface area contributed by atoms with E-state index in [1.54, 1.807) is 0 Å². The number of esters is 1. The van der Waals surface area contributed by atoms with Crippen LogP contribution in [-0.2, 0) is 14.3 Å². The van der Waals surface area contributed by atoms with Gasteiger partial charge in [-0.25, -0.2) is 0 Å². The van der Waals surface area contributed by atoms with E-state index in [4.69, 9.17) is 9.47 Å². The van der Waals surface area contributed by atoms with Crippen LogP contribution in [0.2, 0.25) is 0 Å². The first-order valence-electron chi connectivity index (χ1n) is 6.37. The van der Waals surface area contributed by atoms with Crippen LogP contribution in [0, 0.1) is 23.2 Å². The van der Waals surface area contributed by atoms with Gasteiger partial charge in [0.25, 0.3) is 0 Å². The van der Waals surface area contributed by atoms with Crippen molar-refractivity contribution in [3.63, 3.8) is 0 Å². The molecule has 0 unspecified atom stereocenters. The fourth-order valence-corrected chi connectivity index (χ4v) is 3.35. The summed E-state index contributed by atoms with van der Waals surface area (Å²) in [6, 6.07) is 0. The summed E-state index contributed by atoms with van der Waals surface area (Å²) in [6.07, 6.45) is 2.33. The number of hydrogen-bond acceptors (Lipinski definition) is 3. The molecule has 0 saturated carbocycles. The molecule has 3 heteroatoms. The van der Waals surface area contributed by atoms with Gasteiger partial charge in [-0.2, -0.15) is 0 Å². The van der Waals surface area contributed by atoms with Crippen molar-refractivity contribution in [2.75, 3.05) is 19.8 Å². The monoisotopic (exact) mass is 238 g/mol. The summed E-state index contributed by atoms with van der Waals surface area (Å²) >= 11 is 0. The molecule has 0 spiro atoms. The van der Waals surface area contributed by atoms with E-state index in [1.165, 1.54) is 12.5 Å². The number of carbonyl (C=O) groups is 1. The number of ether oxygens (including phenoxy) is 2. The normalized spacial score (nSPS) is 40.7. The van der Waals surface area contributed by atoms with Crippen molar-refractivity contribution in [3.8, 4) is 0 Å². The molecule has 0 aromatic heterocycles. The molecule has 1 fully saturated rings. The van der Waals surface area contributed by atoms with E-state index in [-0.39, 0.29) is 11.4 Å². The second-order valence-electron chi connectivity index (χ2n) is 5.62. The molecule has 1 heterocycles. The molecule has 0 aromatic carbocycles. The number of hydrogen-bond donors (Lipinski definition) is 0. The van der Waals surface area contributed by atoms with Crippen molar-refractivity contribution >= 4 is 5.97 Å². The van der Waals surface area contributed by atoms with Gasteiger partial charge >= 0.3 is 5.97 Å². The van der Waals surface area contributed by atoms with Crippen LogP contribution < -0.4 is 0 Å². The highest BCUT2D eigenvalue weighted by molar-refractivity contribution is 5.65. The molecule has 2 aliphatic rings. The molecule has 1 saturated heterocycles. The molecule has 0 radical (unpaired) electrons. The van der Waals surface area contributed by atoms with Crippen LogP contribution in [0.3, 0.4) is 0 Å². The Kier molecular flexibility index (Phi) is 3.30. The molecular weight excluding hydrogens is 216 g/mol. The zero-order chi connectivity index (χ0) is 12.6. The Morgan fingerprint density at radius 3 is 2.94 bits per heavy atom. The molecule has 1 aliphatic carbocycles. The van der Waals surface area contributed by atoms with E-state index < -0.39 is 0 Å². The van der Waals surface area contributed by atoms with E-state index in [0.717, 1.165) is 6.61 Å². The topological polar surface area (TPSA) is 35.5 Å². The Bertz CT molecular complexity index is 347. The molecule has 96 valence electrons. The maximum absolute atomic E-state index is 11.0. The van der Waals surface area contributed by atoms with E-state index in [0.29, 0.717) is 31.0 Å². The molecule has 2 rings (SSSR count). The lowest BCUT2D eigenvalue weighted by Gasteiger charge is -2.52. The molecule has 0 N–H and O–H groups in total. The van der Waals surface area contributed by atoms with Gasteiger partial charge in [0.05, 0.1) is 19.8 Å². The van der Waals surface area contributed by atoms with Gasteiger partial charge in [-0.1, -0.05) is 25.5 Å². The molecule has 0 aromatic rings. The van der Waals surface area contributed by atoms with Gasteiger partial charge in [-0.15, -0.1) is 0 Å². The summed E-state index contributed by atoms with van der Waals surface area (Å²) in [5.41, 5.74) is 1.39. The quantitative estimate of drug-likeness (QED) is 0.547. The minimum absolute atomic E-state index is 0.0336. The molecule has 17 heavy (non-hydrogen) atoms. The first kappa shape index (κ1) is 12.6. The highest BCUT2D eigenvalue weighted by atomic mass is 16.5. The SMILES string of the molecule is CC(=O)OC[C@@]12COC[C@H](C(C)=C[C@@H]1C)[C@H]2C. The summed E-state index contributed by atoms with van der Waals surface area (Å²) < 4.78 is 11.0. The van der Waals surface area contributed by atoms with Crippen molar-refractivity contribution in [1.82, 2.24) is 0 Å². The minimum atomic E-state index is -0.202. The third kappa shape index (κ3) is 2.01. The summed E-state index contributed by atoms with van der Waals surface area (Å²) in [5.74, 6) is 1.19. The van der Waals surface area contributed by atoms with E-state index in [1.807, 2.05) is 0 Å². The van der Waals surface area contributed by atoms with Crippen LogP contribution in [0.15, 0.2) is 11.6 Å². The van der Waals surface area contributed by atoms with Crippen LogP contribution in [-0.4, -0.2) is 25.8 Å². The molecule has 0 amide bonds. The predicted molar refractivity (Wildman–Crippen MR) is 65.5 cm³/mol. The largest absolute Gasteiger partial charge is 0.465 e. The van der Waals surface area contributed by atoms with Crippen molar-refractivity contribution in [2.45, 2.75) is 27.7 Å². The lowest BCUT2D eigenvalue weighted by molar-refractivity contribution is -0.162. The van der Waals surface area contributed by atoms with Crippen LogP contribution >= 0.6 is 0 Å². The minimum Gasteiger partial charge on any atom is -0.465 e. The van der Waals surface area contributed by atoms with Crippen molar-refractivity contribution in [2.24, 2.45) is 23.2 Å². The number of carbonyl (C=O) groups excluding carboxylic acids is 1. The Morgan fingerprint density at radius 1 is 1.59 bits per heavy atom. The van der Waals surface area contributed by atoms with Gasteiger partial charge in [-0.05, 0) is 18.8 Å². The fourth-order valence-electron chi connectivity index (χ4n) is 3.35. The first-order chi connectivity index (χ1) is 7.97. The Hall–Kier alpha value is -0.830. The Labute approximate surface area is 103 Å². The molecule has 3 nitrogen and oxygen atoms in total. The van der Waals surface area contributed by atoms with Crippen LogP contribution in [0.1, 0.15) is 27.7 Å². The Balaban J connectivity index is 2.26. The molecule has 1 aliphatic heterocycles. The number of fused-ring (bicyclic) bond motifs is 2. The zero-order valence-electron chi connectivity index (χ0n) is 11.2. The Morgan fingerprint density at radius 2 is 2.29 bits per heavy atom. The smallest absolute Gasteiger partial charge is 0.302 e. The average Bonchev–Trinajstić information content (AvgIpc) is 2.25. The third-order valence-electron chi connectivity index (χ3n) is 4.73. The van der Waals surface area contributed by atoms with Gasteiger partial charge in [0.1, 0.15) is 0 Å². The summed E-state index contributed by atoms with van der Waals surface area (Å²) in [4.78, 5) is 11.0. The van der Waals surface area contributed by atoms with Crippen LogP contribution in [0.5, 0.6) is 0 Å². The summed E-state index contributed by atoms with van der Waals surface area (Å²) in [5, 5.41) is 0. The van der Waals surface area contributed by atoms with Gasteiger partial charge < -0.3 is 9.47 Å². The number of rotatable bonds is 2. The highest BCUT2D eigenvalue weighted by Crippen LogP contribution is 2.50. The van der Waals surface area contributed by atoms with Gasteiger partial charge in [0.15, 0.2) is 0 Å². The lowest BCUT2D eigenvalue weighted by Crippen LogP contribution is -2.53. The van der Waals surface area contributed by atoms with Crippen molar-refractivity contribution < 1.29 is 14.3 Å². The van der Waals surface area contributed by atoms with Gasteiger partial charge in [-0.3, -0.25) is 4.79 Å². The molecule has 2 bridgehead atoms. The van der Waals surface area contributed by atoms with Crippen LogP contribution in [0.25, 0.3) is 0 Å². The maximum Gasteiger partial charge on any atom is 0.302 e. The second-order valence-corrected chi connectivity index (χ2v) is 5.62. The van der Waals surface area contributed by atoms with Gasteiger partial charge in [0.2, 0.25) is 0 Å². The van der Waals surface area contributed by atoms with Crippen LogP contribution in [0.4, 0.5) is 0 Å². The zero-order valence-corrected chi connectivity index (χ0v) is 11.2. The fraction of sp³-hybridized carbons (Fsp3) is 0.786. The molecule has 4 atom stereocenters. The second kappa shape index (κ2) is 4.45. The van der Waals surface area contributed by atoms with Crippen molar-refractivity contribution in [3.05, 3.63) is 11.6 Å². The first-order valence-corrected chi connectivity index (χ1v) is 6.37. The van der Waals surface area contributed by atoms with Crippen molar-refractivity contribution in [1.29, 1.82) is 0 Å². The summed E-state index contributed by atoms with van der Waals surface area (Å²) in [7, 11) is 0. The predicted octanol–water partition coefficient (Wildman–Crippen LogP) is 2.41. The van der Waals surface area contributed by atoms with E-state index in [9.17, 15) is 4.79 Å². The van der Waals surface area contributed by atoms with E-state index >= 15 is 0 Å². The van der Waals surface area contributed by atoms with E-state index in [2.05, 4.69) is 26.8 Å². The van der Waals surface area contributed by atoms with Gasteiger partial charge in [0, 0.05) is 18.3 Å².